The first-order chi connectivity index (χ1) is 13.1. The number of ketones is 1. The van der Waals surface area contributed by atoms with Crippen molar-refractivity contribution >= 4 is 11.8 Å². The van der Waals surface area contributed by atoms with Crippen LogP contribution in [0.1, 0.15) is 51.1 Å². The van der Waals surface area contributed by atoms with Crippen LogP contribution >= 0.6 is 0 Å². The first-order valence-electron chi connectivity index (χ1n) is 9.03. The third kappa shape index (κ3) is 3.69. The van der Waals surface area contributed by atoms with Gasteiger partial charge in [-0.15, -0.1) is 0 Å². The molecule has 1 aromatic carbocycles. The van der Waals surface area contributed by atoms with Gasteiger partial charge < -0.3 is 9.15 Å². The minimum atomic E-state index is -0.878. The fourth-order valence-electron chi connectivity index (χ4n) is 3.36. The Bertz CT molecular complexity index is 972. The minimum Gasteiger partial charge on any atom is -0.452 e. The molecule has 0 amide bonds. The molecule has 2 aromatic heterocycles. The smallest absolute Gasteiger partial charge is 0.374 e. The third-order valence-electron chi connectivity index (χ3n) is 4.78. The topological polar surface area (TPSA) is 74.3 Å². The van der Waals surface area contributed by atoms with Gasteiger partial charge in [0.2, 0.25) is 11.5 Å². The summed E-state index contributed by atoms with van der Waals surface area (Å²) >= 11 is 0. The van der Waals surface area contributed by atoms with Gasteiger partial charge in [-0.2, -0.15) is 5.10 Å². The standard InChI is InChI=1S/C21H20N2O4/c1-14(20(24)17-7-6-15-4-2-5-16(15)12-17)26-21(25)19-9-8-18(27-19)13-23-11-3-10-22-23/h3,6-12,14H,2,4-5,13H2,1H3. The quantitative estimate of drug-likeness (QED) is 0.495. The van der Waals surface area contributed by atoms with Gasteiger partial charge in [0.15, 0.2) is 6.10 Å². The van der Waals surface area contributed by atoms with E-state index in [0.29, 0.717) is 17.9 Å². The molecule has 0 radical (unpaired) electrons. The lowest BCUT2D eigenvalue weighted by Crippen LogP contribution is -2.24. The maximum absolute atomic E-state index is 12.6. The predicted molar refractivity (Wildman–Crippen MR) is 97.7 cm³/mol. The highest BCUT2D eigenvalue weighted by Crippen LogP contribution is 2.24. The van der Waals surface area contributed by atoms with Crippen molar-refractivity contribution in [1.29, 1.82) is 0 Å². The van der Waals surface area contributed by atoms with Crippen LogP contribution in [0.15, 0.2) is 53.2 Å². The van der Waals surface area contributed by atoms with Gasteiger partial charge in [-0.3, -0.25) is 9.48 Å². The summed E-state index contributed by atoms with van der Waals surface area (Å²) in [6, 6.07) is 10.8. The summed E-state index contributed by atoms with van der Waals surface area (Å²) in [5.74, 6) is -0.195. The number of Topliss-reactive ketones (excluding diaryl/α,β-unsaturated/α-hetero) is 1. The number of esters is 1. The Kier molecular flexibility index (Phi) is 4.62. The molecule has 0 N–H and O–H groups in total. The van der Waals surface area contributed by atoms with Crippen LogP contribution in [0.25, 0.3) is 0 Å². The summed E-state index contributed by atoms with van der Waals surface area (Å²) in [5.41, 5.74) is 3.10. The van der Waals surface area contributed by atoms with E-state index < -0.39 is 12.1 Å². The Morgan fingerprint density at radius 1 is 1.22 bits per heavy atom. The molecular formula is C21H20N2O4. The maximum atomic E-state index is 12.6. The molecular weight excluding hydrogens is 344 g/mol. The average molecular weight is 364 g/mol. The lowest BCUT2D eigenvalue weighted by molar-refractivity contribution is 0.0287. The fraction of sp³-hybridized carbons (Fsp3) is 0.286. The predicted octanol–water partition coefficient (Wildman–Crippen LogP) is 3.44. The van der Waals surface area contributed by atoms with E-state index in [1.165, 1.54) is 11.1 Å². The number of rotatable bonds is 6. The van der Waals surface area contributed by atoms with Crippen molar-refractivity contribution in [3.05, 3.63) is 77.0 Å². The number of carbonyl (C=O) groups is 2. The van der Waals surface area contributed by atoms with E-state index in [2.05, 4.69) is 5.10 Å². The molecule has 0 fully saturated rings. The number of ether oxygens (including phenoxy) is 1. The number of carbonyl (C=O) groups excluding carboxylic acids is 2. The maximum Gasteiger partial charge on any atom is 0.374 e. The van der Waals surface area contributed by atoms with Crippen molar-refractivity contribution in [2.75, 3.05) is 0 Å². The molecule has 4 rings (SSSR count). The molecule has 0 aliphatic heterocycles. The Balaban J connectivity index is 1.40. The molecule has 6 heteroatoms. The second kappa shape index (κ2) is 7.23. The van der Waals surface area contributed by atoms with Gasteiger partial charge in [0.05, 0.1) is 6.54 Å². The third-order valence-corrected chi connectivity index (χ3v) is 4.78. The molecule has 6 nitrogen and oxygen atoms in total. The summed E-state index contributed by atoms with van der Waals surface area (Å²) in [6.45, 7) is 2.00. The summed E-state index contributed by atoms with van der Waals surface area (Å²) in [6.07, 6.45) is 5.78. The van der Waals surface area contributed by atoms with Crippen LogP contribution in [0, 0.1) is 0 Å². The van der Waals surface area contributed by atoms with Crippen molar-refractivity contribution in [3.8, 4) is 0 Å². The van der Waals surface area contributed by atoms with Gasteiger partial charge in [-0.25, -0.2) is 4.79 Å². The average Bonchev–Trinajstić information content (AvgIpc) is 3.42. The number of hydrogen-bond acceptors (Lipinski definition) is 5. The van der Waals surface area contributed by atoms with Crippen LogP contribution in [-0.2, 0) is 24.1 Å². The molecule has 1 aliphatic carbocycles. The van der Waals surface area contributed by atoms with Gasteiger partial charge in [-0.05, 0) is 61.6 Å². The molecule has 1 atom stereocenters. The van der Waals surface area contributed by atoms with Gasteiger partial charge in [0.25, 0.3) is 0 Å². The molecule has 0 bridgehead atoms. The molecule has 138 valence electrons. The van der Waals surface area contributed by atoms with Crippen LogP contribution in [-0.4, -0.2) is 27.6 Å². The number of furan rings is 1. The number of benzene rings is 1. The van der Waals surface area contributed by atoms with Crippen molar-refractivity contribution < 1.29 is 18.7 Å². The lowest BCUT2D eigenvalue weighted by Gasteiger charge is -2.12. The monoisotopic (exact) mass is 364 g/mol. The van der Waals surface area contributed by atoms with E-state index in [-0.39, 0.29) is 11.5 Å². The van der Waals surface area contributed by atoms with E-state index >= 15 is 0 Å². The Labute approximate surface area is 156 Å². The number of fused-ring (bicyclic) bond motifs is 1. The van der Waals surface area contributed by atoms with Crippen molar-refractivity contribution in [1.82, 2.24) is 9.78 Å². The fourth-order valence-corrected chi connectivity index (χ4v) is 3.36. The van der Waals surface area contributed by atoms with Crippen molar-refractivity contribution in [2.24, 2.45) is 0 Å². The number of aromatic nitrogens is 2. The van der Waals surface area contributed by atoms with Gasteiger partial charge >= 0.3 is 5.97 Å². The first kappa shape index (κ1) is 17.3. The molecule has 0 saturated carbocycles. The number of nitrogens with zero attached hydrogens (tertiary/aromatic N) is 2. The van der Waals surface area contributed by atoms with E-state index in [1.54, 1.807) is 36.1 Å². The van der Waals surface area contributed by atoms with E-state index in [1.807, 2.05) is 24.3 Å². The number of aryl methyl sites for hydroxylation is 2. The Hall–Kier alpha value is -3.15. The summed E-state index contributed by atoms with van der Waals surface area (Å²) < 4.78 is 12.5. The summed E-state index contributed by atoms with van der Waals surface area (Å²) in [4.78, 5) is 24.9. The molecule has 27 heavy (non-hydrogen) atoms. The van der Waals surface area contributed by atoms with Crippen molar-refractivity contribution in [3.63, 3.8) is 0 Å². The highest BCUT2D eigenvalue weighted by atomic mass is 16.6. The molecule has 1 aliphatic rings. The van der Waals surface area contributed by atoms with Crippen molar-refractivity contribution in [2.45, 2.75) is 38.8 Å². The summed E-state index contributed by atoms with van der Waals surface area (Å²) in [7, 11) is 0. The zero-order valence-electron chi connectivity index (χ0n) is 15.1. The largest absolute Gasteiger partial charge is 0.452 e. The highest BCUT2D eigenvalue weighted by molar-refractivity contribution is 6.01. The van der Waals surface area contributed by atoms with Crippen LogP contribution in [0.5, 0.6) is 0 Å². The van der Waals surface area contributed by atoms with E-state index in [0.717, 1.165) is 19.3 Å². The molecule has 3 aromatic rings. The van der Waals surface area contributed by atoms with Crippen LogP contribution in [0.4, 0.5) is 0 Å². The second-order valence-corrected chi connectivity index (χ2v) is 6.72. The van der Waals surface area contributed by atoms with E-state index in [9.17, 15) is 9.59 Å². The normalized spacial score (nSPS) is 14.0. The SMILES string of the molecule is CC(OC(=O)c1ccc(Cn2cccn2)o1)C(=O)c1ccc2c(c1)CCC2. The summed E-state index contributed by atoms with van der Waals surface area (Å²) in [5, 5.41) is 4.09. The highest BCUT2D eigenvalue weighted by Gasteiger charge is 2.23. The molecule has 0 spiro atoms. The van der Waals surface area contributed by atoms with Crippen LogP contribution in [0.3, 0.4) is 0 Å². The molecule has 0 saturated heterocycles. The van der Waals surface area contributed by atoms with Gasteiger partial charge in [0.1, 0.15) is 5.76 Å². The number of hydrogen-bond donors (Lipinski definition) is 0. The second-order valence-electron chi connectivity index (χ2n) is 6.72. The van der Waals surface area contributed by atoms with Gasteiger partial charge in [0, 0.05) is 18.0 Å². The zero-order chi connectivity index (χ0) is 18.8. The van der Waals surface area contributed by atoms with Gasteiger partial charge in [-0.1, -0.05) is 12.1 Å². The zero-order valence-corrected chi connectivity index (χ0v) is 15.1. The molecule has 1 unspecified atom stereocenters. The van der Waals surface area contributed by atoms with Crippen LogP contribution in [0.2, 0.25) is 0 Å². The Morgan fingerprint density at radius 3 is 2.89 bits per heavy atom. The Morgan fingerprint density at radius 2 is 2.07 bits per heavy atom. The van der Waals surface area contributed by atoms with E-state index in [4.69, 9.17) is 9.15 Å². The van der Waals surface area contributed by atoms with Crippen LogP contribution < -0.4 is 0 Å². The first-order valence-corrected chi connectivity index (χ1v) is 9.03. The minimum absolute atomic E-state index is 0.0748. The molecule has 2 heterocycles. The lowest BCUT2D eigenvalue weighted by atomic mass is 10.0.